The van der Waals surface area contributed by atoms with Crippen LogP contribution in [0, 0.1) is 5.82 Å². The fourth-order valence-corrected chi connectivity index (χ4v) is 5.90. The number of halogens is 3. The van der Waals surface area contributed by atoms with Crippen LogP contribution in [0.3, 0.4) is 0 Å². The summed E-state index contributed by atoms with van der Waals surface area (Å²) >= 11 is 0. The van der Waals surface area contributed by atoms with Gasteiger partial charge in [-0.05, 0) is 48.5 Å². The molecule has 3 aromatic rings. The van der Waals surface area contributed by atoms with Crippen LogP contribution < -0.4 is 24.6 Å². The number of carboxylic acid groups (broad SMARTS) is 4. The van der Waals surface area contributed by atoms with E-state index in [0.29, 0.717) is 17.0 Å². The van der Waals surface area contributed by atoms with Crippen molar-refractivity contribution in [2.24, 2.45) is 0 Å². The van der Waals surface area contributed by atoms with Crippen molar-refractivity contribution < 1.29 is 71.4 Å². The number of nitrogens with zero attached hydrogens (tertiary/aromatic N) is 4. The second-order valence-corrected chi connectivity index (χ2v) is 12.1. The molecular weight excluding hydrogens is 722 g/mol. The number of aromatic nitrogens is 1. The number of benzene rings is 2. The van der Waals surface area contributed by atoms with Gasteiger partial charge in [0.1, 0.15) is 62.9 Å². The van der Waals surface area contributed by atoms with Crippen LogP contribution in [0.2, 0.25) is 0 Å². The molecule has 0 bridgehead atoms. The van der Waals surface area contributed by atoms with E-state index in [-0.39, 0.29) is 54.6 Å². The molecule has 0 fully saturated rings. The van der Waals surface area contributed by atoms with E-state index in [9.17, 15) is 48.8 Å². The Hall–Kier alpha value is -6.73. The number of rotatable bonds is 19. The smallest absolute Gasteiger partial charge is 0.488 e. The van der Waals surface area contributed by atoms with Crippen LogP contribution in [-0.4, -0.2) is 112 Å². The summed E-state index contributed by atoms with van der Waals surface area (Å²) < 4.78 is 57.5. The number of carbonyl (C=O) groups excluding carboxylic acids is 1. The average Bonchev–Trinajstić information content (AvgIpc) is 3.73. The number of hydrogen-bond acceptors (Lipinski definition) is 9. The van der Waals surface area contributed by atoms with Crippen molar-refractivity contribution in [1.29, 1.82) is 0 Å². The van der Waals surface area contributed by atoms with Gasteiger partial charge in [0.05, 0.1) is 11.4 Å². The van der Waals surface area contributed by atoms with E-state index in [1.807, 2.05) is 0 Å². The third kappa shape index (κ3) is 9.38. The summed E-state index contributed by atoms with van der Waals surface area (Å²) in [6.07, 6.45) is 7.31. The highest BCUT2D eigenvalue weighted by Gasteiger charge is 2.49. The number of anilines is 3. The Balaban J connectivity index is 1.30. The minimum absolute atomic E-state index is 0.0160. The summed E-state index contributed by atoms with van der Waals surface area (Å²) in [7, 11) is 0. The van der Waals surface area contributed by atoms with Crippen LogP contribution in [0.5, 0.6) is 11.5 Å². The molecule has 0 saturated carbocycles. The molecule has 3 heterocycles. The topological polar surface area (TPSA) is 211 Å². The number of carboxylic acids is 4. The van der Waals surface area contributed by atoms with Crippen molar-refractivity contribution in [3.63, 3.8) is 0 Å². The van der Waals surface area contributed by atoms with Gasteiger partial charge in [-0.3, -0.25) is 24.0 Å². The molecule has 2 aliphatic heterocycles. The number of fused-ring (bicyclic) bond motifs is 2. The number of aryl methyl sites for hydroxylation is 1. The summed E-state index contributed by atoms with van der Waals surface area (Å²) in [6, 6.07) is 8.65. The van der Waals surface area contributed by atoms with Gasteiger partial charge in [0.2, 0.25) is 5.91 Å². The van der Waals surface area contributed by atoms with Crippen molar-refractivity contribution in [1.82, 2.24) is 4.48 Å². The maximum atomic E-state index is 15.1. The van der Waals surface area contributed by atoms with Crippen LogP contribution in [0.1, 0.15) is 17.7 Å². The lowest BCUT2D eigenvalue weighted by molar-refractivity contribution is -0.355. The molecule has 5 rings (SSSR count). The molecule has 0 unspecified atom stereocenters. The van der Waals surface area contributed by atoms with Gasteiger partial charge in [-0.15, -0.1) is 0 Å². The Morgan fingerprint density at radius 2 is 1.35 bits per heavy atom. The second-order valence-electron chi connectivity index (χ2n) is 12.1. The normalized spacial score (nSPS) is 13.5. The maximum Gasteiger partial charge on any atom is 0.736 e. The maximum absolute atomic E-state index is 15.1. The third-order valence-corrected chi connectivity index (χ3v) is 8.10. The molecule has 1 aromatic heterocycles. The Kier molecular flexibility index (Phi) is 11.6. The fourth-order valence-electron chi connectivity index (χ4n) is 5.90. The van der Waals surface area contributed by atoms with E-state index >= 15 is 8.63 Å². The molecule has 0 radical (unpaired) electrons. The number of nitrogens with one attached hydrogen (secondary N) is 1. The fraction of sp³-hybridized carbons (Fsp3) is 0.235. The molecule has 16 nitrogen and oxygen atoms in total. The van der Waals surface area contributed by atoms with E-state index in [1.54, 1.807) is 18.2 Å². The highest BCUT2D eigenvalue weighted by molar-refractivity contribution is 6.57. The monoisotopic (exact) mass is 755 g/mol. The number of carbonyl (C=O) groups is 5. The van der Waals surface area contributed by atoms with Crippen LogP contribution >= 0.6 is 0 Å². The highest BCUT2D eigenvalue weighted by Crippen LogP contribution is 2.34. The Labute approximate surface area is 304 Å². The van der Waals surface area contributed by atoms with Crippen LogP contribution in [0.15, 0.2) is 66.5 Å². The zero-order valence-corrected chi connectivity index (χ0v) is 28.2. The summed E-state index contributed by atoms with van der Waals surface area (Å²) in [5, 5.41) is 40.0. The molecule has 54 heavy (non-hydrogen) atoms. The van der Waals surface area contributed by atoms with Gasteiger partial charge >= 0.3 is 30.8 Å². The Morgan fingerprint density at radius 3 is 1.93 bits per heavy atom. The van der Waals surface area contributed by atoms with Crippen LogP contribution in [0.25, 0.3) is 6.08 Å². The largest absolute Gasteiger partial charge is 0.736 e. The zero-order chi connectivity index (χ0) is 39.2. The predicted octanol–water partition coefficient (Wildman–Crippen LogP) is 2.84. The van der Waals surface area contributed by atoms with Gasteiger partial charge in [-0.2, -0.15) is 0 Å². The van der Waals surface area contributed by atoms with Crippen molar-refractivity contribution in [2.45, 2.75) is 12.8 Å². The van der Waals surface area contributed by atoms with Gasteiger partial charge in [0.25, 0.3) is 0 Å². The first-order valence-electron chi connectivity index (χ1n) is 16.2. The van der Waals surface area contributed by atoms with Gasteiger partial charge in [0.15, 0.2) is 5.70 Å². The summed E-state index contributed by atoms with van der Waals surface area (Å²) in [6.45, 7) is -7.76. The van der Waals surface area contributed by atoms with Crippen LogP contribution in [-0.2, 0) is 30.4 Å². The second kappa shape index (κ2) is 16.3. The lowest BCUT2D eigenvalue weighted by atomic mass is 9.92. The van der Waals surface area contributed by atoms with Crippen molar-refractivity contribution in [2.75, 3.05) is 54.5 Å². The first kappa shape index (κ1) is 38.5. The molecule has 2 aromatic carbocycles. The van der Waals surface area contributed by atoms with Gasteiger partial charge in [-0.1, -0.05) is 0 Å². The summed E-state index contributed by atoms with van der Waals surface area (Å²) in [4.78, 5) is 60.8. The third-order valence-electron chi connectivity index (χ3n) is 8.10. The Bertz CT molecular complexity index is 2050. The molecule has 2 aliphatic rings. The molecule has 0 saturated heterocycles. The van der Waals surface area contributed by atoms with Crippen LogP contribution in [0.4, 0.5) is 30.1 Å². The van der Waals surface area contributed by atoms with E-state index in [4.69, 9.17) is 9.47 Å². The van der Waals surface area contributed by atoms with E-state index in [0.717, 1.165) is 37.0 Å². The summed E-state index contributed by atoms with van der Waals surface area (Å²) in [5.74, 6) is -6.99. The van der Waals surface area contributed by atoms with Gasteiger partial charge in [0, 0.05) is 48.2 Å². The molecule has 0 spiro atoms. The average molecular weight is 755 g/mol. The SMILES string of the molecule is O=C(O)CN(CC(=O)O)c1ccc(F)cc1OCCOc1cc(NC(=O)CCc2cc3n(c2)[B-](F)(F)[N+]2=CC=CC2=C3)ccc1N(CC(=O)O)CC(=O)O. The number of ether oxygens (including phenoxy) is 2. The molecule has 284 valence electrons. The van der Waals surface area contributed by atoms with Gasteiger partial charge < -0.3 is 62.6 Å². The highest BCUT2D eigenvalue weighted by atomic mass is 19.2. The summed E-state index contributed by atoms with van der Waals surface area (Å²) in [5.41, 5.74) is 1.28. The number of allylic oxidation sites excluding steroid dienone is 2. The molecular formula is C34H33BF3N5O11. The van der Waals surface area contributed by atoms with Gasteiger partial charge in [-0.25, -0.2) is 4.39 Å². The minimum Gasteiger partial charge on any atom is -0.488 e. The molecule has 1 amide bonds. The van der Waals surface area contributed by atoms with Crippen molar-refractivity contribution >= 4 is 66.1 Å². The first-order valence-corrected chi connectivity index (χ1v) is 16.2. The first-order chi connectivity index (χ1) is 25.6. The lowest BCUT2D eigenvalue weighted by Gasteiger charge is -2.27. The van der Waals surface area contributed by atoms with Crippen molar-refractivity contribution in [3.8, 4) is 11.5 Å². The minimum atomic E-state index is -4.10. The van der Waals surface area contributed by atoms with E-state index < -0.39 is 68.8 Å². The van der Waals surface area contributed by atoms with E-state index in [2.05, 4.69) is 5.32 Å². The standard InChI is InChI=1S/C34H33BF3N5O11/c36-22-4-6-26(40(17-31(45)46)18-32(47)48)28(13-22)53-10-11-54-29-14-23(5-7-27(29)41(19-33(49)50)20-34(51)52)39-30(44)8-3-21-12-25-15-24-2-1-9-42(24)35(37,38)43(25)16-21/h1-2,4-7,9,12-16H,3,8,10-11,17-20H2,(H,39,44)(H,45,46)(H,47,48)(H,49,50)(H,51,52). The number of amides is 1. The van der Waals surface area contributed by atoms with E-state index in [1.165, 1.54) is 36.7 Å². The number of hydrogen-bond donors (Lipinski definition) is 5. The Morgan fingerprint density at radius 1 is 0.796 bits per heavy atom. The lowest BCUT2D eigenvalue weighted by Crippen LogP contribution is -2.48. The quantitative estimate of drug-likeness (QED) is 0.0882. The number of aliphatic carboxylic acids is 4. The molecule has 0 atom stereocenters. The molecule has 5 N–H and O–H groups in total. The molecule has 20 heteroatoms. The predicted molar refractivity (Wildman–Crippen MR) is 187 cm³/mol. The van der Waals surface area contributed by atoms with Crippen molar-refractivity contribution in [3.05, 3.63) is 83.6 Å². The molecule has 0 aliphatic carbocycles. The zero-order valence-electron chi connectivity index (χ0n) is 28.2.